The summed E-state index contributed by atoms with van der Waals surface area (Å²) in [6.07, 6.45) is 12.3. The zero-order valence-corrected chi connectivity index (χ0v) is 15.4. The minimum absolute atomic E-state index is 0.0326. The van der Waals surface area contributed by atoms with E-state index in [2.05, 4.69) is 22.1 Å². The predicted molar refractivity (Wildman–Crippen MR) is 101 cm³/mol. The maximum atomic E-state index is 12.6. The maximum Gasteiger partial charge on any atom is 0.253 e. The summed E-state index contributed by atoms with van der Waals surface area (Å²) in [4.78, 5) is 19.5. The van der Waals surface area contributed by atoms with Crippen LogP contribution in [-0.4, -0.2) is 30.0 Å². The van der Waals surface area contributed by atoms with E-state index in [1.165, 1.54) is 51.4 Å². The van der Waals surface area contributed by atoms with Crippen molar-refractivity contribution in [3.8, 4) is 0 Å². The second-order valence-electron chi connectivity index (χ2n) is 8.41. The van der Waals surface area contributed by atoms with E-state index in [9.17, 15) is 4.79 Å². The van der Waals surface area contributed by atoms with Crippen LogP contribution in [0.1, 0.15) is 68.6 Å². The summed E-state index contributed by atoms with van der Waals surface area (Å²) in [5.41, 5.74) is 0.688. The minimum Gasteiger partial charge on any atom is -0.357 e. The van der Waals surface area contributed by atoms with E-state index in [0.717, 1.165) is 30.7 Å². The van der Waals surface area contributed by atoms with Crippen LogP contribution in [0, 0.1) is 17.8 Å². The number of rotatable bonds is 4. The number of amides is 1. The van der Waals surface area contributed by atoms with Gasteiger partial charge >= 0.3 is 0 Å². The van der Waals surface area contributed by atoms with E-state index in [-0.39, 0.29) is 11.9 Å². The highest BCUT2D eigenvalue weighted by molar-refractivity contribution is 5.94. The number of carbonyl (C=O) groups is 1. The second-order valence-corrected chi connectivity index (χ2v) is 8.41. The highest BCUT2D eigenvalue weighted by atomic mass is 16.1. The fourth-order valence-electron chi connectivity index (χ4n) is 5.31. The van der Waals surface area contributed by atoms with Crippen LogP contribution in [0.2, 0.25) is 0 Å². The number of nitrogens with one attached hydrogen (secondary N) is 1. The molecule has 0 aromatic carbocycles. The lowest BCUT2D eigenvalue weighted by Gasteiger charge is -2.28. The van der Waals surface area contributed by atoms with E-state index in [0.29, 0.717) is 11.5 Å². The molecule has 4 nitrogen and oxygen atoms in total. The largest absolute Gasteiger partial charge is 0.357 e. The van der Waals surface area contributed by atoms with Crippen molar-refractivity contribution in [2.24, 2.45) is 17.8 Å². The lowest BCUT2D eigenvalue weighted by molar-refractivity contribution is 0.0915. The Kier molecular flexibility index (Phi) is 4.96. The number of aromatic nitrogens is 1. The third-order valence-corrected chi connectivity index (χ3v) is 6.73. The topological polar surface area (TPSA) is 45.2 Å². The minimum atomic E-state index is 0.0326. The molecule has 4 rings (SSSR count). The Balaban J connectivity index is 1.35. The fraction of sp³-hybridized carbons (Fsp3) is 0.714. The molecule has 4 atom stereocenters. The first-order valence-electron chi connectivity index (χ1n) is 10.2. The van der Waals surface area contributed by atoms with Crippen LogP contribution in [0.25, 0.3) is 0 Å². The van der Waals surface area contributed by atoms with Crippen LogP contribution in [0.3, 0.4) is 0 Å². The summed E-state index contributed by atoms with van der Waals surface area (Å²) in [5, 5.41) is 3.24. The van der Waals surface area contributed by atoms with E-state index < -0.39 is 0 Å². The van der Waals surface area contributed by atoms with Gasteiger partial charge in [-0.3, -0.25) is 4.79 Å². The van der Waals surface area contributed by atoms with Gasteiger partial charge < -0.3 is 10.2 Å². The number of pyridine rings is 1. The SMILES string of the molecule is CC(NC(=O)c1ccc(N2CCCCCC2)nc1)C1CC2CCC1C2. The van der Waals surface area contributed by atoms with Crippen LogP contribution in [0.15, 0.2) is 18.3 Å². The van der Waals surface area contributed by atoms with Crippen molar-refractivity contribution in [1.29, 1.82) is 0 Å². The zero-order valence-electron chi connectivity index (χ0n) is 15.4. The molecule has 2 heterocycles. The van der Waals surface area contributed by atoms with Crippen molar-refractivity contribution in [1.82, 2.24) is 10.3 Å². The van der Waals surface area contributed by atoms with Gasteiger partial charge in [0.05, 0.1) is 5.56 Å². The Morgan fingerprint density at radius 2 is 1.96 bits per heavy atom. The Morgan fingerprint density at radius 3 is 2.56 bits per heavy atom. The van der Waals surface area contributed by atoms with E-state index in [1.807, 2.05) is 12.1 Å². The van der Waals surface area contributed by atoms with E-state index >= 15 is 0 Å². The summed E-state index contributed by atoms with van der Waals surface area (Å²) in [6.45, 7) is 4.35. The molecular weight excluding hydrogens is 310 g/mol. The molecule has 25 heavy (non-hydrogen) atoms. The standard InChI is InChI=1S/C21H31N3O/c1-15(19-13-16-6-7-17(19)12-16)23-21(25)18-8-9-20(22-14-18)24-10-4-2-3-5-11-24/h8-9,14-17,19H,2-7,10-13H2,1H3,(H,23,25). The van der Waals surface area contributed by atoms with Crippen LogP contribution in [0.5, 0.6) is 0 Å². The number of fused-ring (bicyclic) bond motifs is 2. The molecule has 3 fully saturated rings. The molecule has 1 aromatic heterocycles. The Morgan fingerprint density at radius 1 is 1.16 bits per heavy atom. The number of hydrogen-bond acceptors (Lipinski definition) is 3. The van der Waals surface area contributed by atoms with Gasteiger partial charge in [0.2, 0.25) is 0 Å². The molecular formula is C21H31N3O. The summed E-state index contributed by atoms with van der Waals surface area (Å²) in [6, 6.07) is 4.23. The second kappa shape index (κ2) is 7.35. The first-order chi connectivity index (χ1) is 12.2. The molecule has 3 aliphatic rings. The van der Waals surface area contributed by atoms with Gasteiger partial charge in [0.15, 0.2) is 0 Å². The summed E-state index contributed by atoms with van der Waals surface area (Å²) in [5.74, 6) is 3.48. The number of anilines is 1. The van der Waals surface area contributed by atoms with Crippen molar-refractivity contribution < 1.29 is 4.79 Å². The van der Waals surface area contributed by atoms with Gasteiger partial charge in [-0.1, -0.05) is 19.3 Å². The summed E-state index contributed by atoms with van der Waals surface area (Å²) >= 11 is 0. The molecule has 0 spiro atoms. The molecule has 1 saturated heterocycles. The average molecular weight is 341 g/mol. The third kappa shape index (κ3) is 3.68. The van der Waals surface area contributed by atoms with E-state index in [4.69, 9.17) is 0 Å². The van der Waals surface area contributed by atoms with Gasteiger partial charge in [-0.2, -0.15) is 0 Å². The molecule has 1 aromatic rings. The smallest absolute Gasteiger partial charge is 0.253 e. The van der Waals surface area contributed by atoms with Crippen molar-refractivity contribution in [3.63, 3.8) is 0 Å². The lowest BCUT2D eigenvalue weighted by atomic mass is 9.84. The van der Waals surface area contributed by atoms with Gasteiger partial charge in [-0.25, -0.2) is 4.98 Å². The van der Waals surface area contributed by atoms with Crippen molar-refractivity contribution in [3.05, 3.63) is 23.9 Å². The molecule has 4 unspecified atom stereocenters. The third-order valence-electron chi connectivity index (χ3n) is 6.73. The Hall–Kier alpha value is -1.58. The zero-order chi connectivity index (χ0) is 17.2. The number of carbonyl (C=O) groups excluding carboxylic acids is 1. The number of nitrogens with zero attached hydrogens (tertiary/aromatic N) is 2. The van der Waals surface area contributed by atoms with Gasteiger partial charge in [0.1, 0.15) is 5.82 Å². The van der Waals surface area contributed by atoms with Crippen LogP contribution in [0.4, 0.5) is 5.82 Å². The van der Waals surface area contributed by atoms with Crippen LogP contribution in [-0.2, 0) is 0 Å². The quantitative estimate of drug-likeness (QED) is 0.900. The van der Waals surface area contributed by atoms with E-state index in [1.54, 1.807) is 6.20 Å². The highest BCUT2D eigenvalue weighted by Crippen LogP contribution is 2.49. The maximum absolute atomic E-state index is 12.6. The molecule has 136 valence electrons. The monoisotopic (exact) mass is 341 g/mol. The molecule has 2 aliphatic carbocycles. The predicted octanol–water partition coefficient (Wildman–Crippen LogP) is 4.02. The first-order valence-corrected chi connectivity index (χ1v) is 10.2. The van der Waals surface area contributed by atoms with Gasteiger partial charge in [-0.05, 0) is 68.9 Å². The molecule has 1 aliphatic heterocycles. The summed E-state index contributed by atoms with van der Waals surface area (Å²) in [7, 11) is 0. The Bertz CT molecular complexity index is 592. The fourth-order valence-corrected chi connectivity index (χ4v) is 5.31. The molecule has 0 radical (unpaired) electrons. The van der Waals surface area contributed by atoms with Crippen molar-refractivity contribution >= 4 is 11.7 Å². The average Bonchev–Trinajstić information content (AvgIpc) is 3.16. The van der Waals surface area contributed by atoms with Crippen LogP contribution >= 0.6 is 0 Å². The Labute approximate surface area is 151 Å². The van der Waals surface area contributed by atoms with Crippen LogP contribution < -0.4 is 10.2 Å². The first kappa shape index (κ1) is 16.9. The van der Waals surface area contributed by atoms with Gasteiger partial charge in [-0.15, -0.1) is 0 Å². The highest BCUT2D eigenvalue weighted by Gasteiger charge is 2.42. The van der Waals surface area contributed by atoms with Crippen molar-refractivity contribution in [2.45, 2.75) is 64.3 Å². The lowest BCUT2D eigenvalue weighted by Crippen LogP contribution is -2.40. The molecule has 4 heteroatoms. The van der Waals surface area contributed by atoms with Crippen molar-refractivity contribution in [2.75, 3.05) is 18.0 Å². The molecule has 1 amide bonds. The molecule has 1 N–H and O–H groups in total. The molecule has 2 bridgehead atoms. The van der Waals surface area contributed by atoms with Gasteiger partial charge in [0, 0.05) is 25.3 Å². The summed E-state index contributed by atoms with van der Waals surface area (Å²) < 4.78 is 0. The normalized spacial score (nSPS) is 30.1. The number of hydrogen-bond donors (Lipinski definition) is 1. The van der Waals surface area contributed by atoms with Gasteiger partial charge in [0.25, 0.3) is 5.91 Å². The molecule has 2 saturated carbocycles.